The SMILES string of the molecule is CCOC(=O)C1=C(C)N=c2s/c(=C/c3cc(I)c(OCc4ccc(Br)cc4)c(OC)c3)c(=O)n2[C@H]1c1ccc(C)c([N+](=O)[O-])c1. The van der Waals surface area contributed by atoms with Crippen LogP contribution in [0.1, 0.15) is 42.1 Å². The first-order valence-electron chi connectivity index (χ1n) is 13.7. The Kier molecular flexibility index (Phi) is 9.89. The predicted octanol–water partition coefficient (Wildman–Crippen LogP) is 5.97. The standard InChI is InChI=1S/C32H27BrIN3O7S/c1-5-43-31(39)27-18(3)35-32-36(28(27)21-9-6-17(2)24(15-21)37(40)41)30(38)26(45-32)14-20-12-23(34)29(25(13-20)42-4)44-16-19-7-10-22(33)11-8-19/h6-15,28H,5,16H2,1-4H3/b26-14+/t28-/m0/s1. The van der Waals surface area contributed by atoms with Gasteiger partial charge in [-0.05, 0) is 90.4 Å². The second kappa shape index (κ2) is 13.7. The van der Waals surface area contributed by atoms with Crippen LogP contribution >= 0.6 is 49.9 Å². The number of aromatic nitrogens is 1. The molecule has 0 amide bonds. The molecule has 2 heterocycles. The van der Waals surface area contributed by atoms with E-state index in [0.29, 0.717) is 49.8 Å². The maximum Gasteiger partial charge on any atom is 0.338 e. The van der Waals surface area contributed by atoms with Crippen LogP contribution in [0.25, 0.3) is 6.08 Å². The number of nitro groups is 1. The molecule has 232 valence electrons. The van der Waals surface area contributed by atoms with E-state index in [1.165, 1.54) is 10.6 Å². The van der Waals surface area contributed by atoms with Gasteiger partial charge in [0.2, 0.25) is 0 Å². The van der Waals surface area contributed by atoms with Crippen LogP contribution in [0.2, 0.25) is 0 Å². The fourth-order valence-corrected chi connectivity index (χ4v) is 7.04. The summed E-state index contributed by atoms with van der Waals surface area (Å²) in [5.41, 5.74) is 2.56. The highest BCUT2D eigenvalue weighted by atomic mass is 127. The van der Waals surface area contributed by atoms with Crippen LogP contribution in [-0.2, 0) is 16.1 Å². The molecule has 4 aromatic rings. The Balaban J connectivity index is 1.60. The van der Waals surface area contributed by atoms with E-state index >= 15 is 0 Å². The molecule has 0 N–H and O–H groups in total. The third-order valence-electron chi connectivity index (χ3n) is 7.11. The summed E-state index contributed by atoms with van der Waals surface area (Å²) < 4.78 is 20.6. The Morgan fingerprint density at radius 1 is 1.18 bits per heavy atom. The van der Waals surface area contributed by atoms with Gasteiger partial charge in [0.05, 0.1) is 44.1 Å². The summed E-state index contributed by atoms with van der Waals surface area (Å²) in [4.78, 5) is 43.4. The maximum atomic E-state index is 14.0. The van der Waals surface area contributed by atoms with E-state index in [4.69, 9.17) is 14.2 Å². The van der Waals surface area contributed by atoms with Crippen molar-refractivity contribution < 1.29 is 23.9 Å². The second-order valence-corrected chi connectivity index (χ2v) is 13.1. The van der Waals surface area contributed by atoms with E-state index in [1.54, 1.807) is 52.2 Å². The highest BCUT2D eigenvalue weighted by molar-refractivity contribution is 14.1. The maximum absolute atomic E-state index is 14.0. The number of thiazole rings is 1. The van der Waals surface area contributed by atoms with Crippen LogP contribution < -0.4 is 24.4 Å². The van der Waals surface area contributed by atoms with Gasteiger partial charge in [0.25, 0.3) is 11.2 Å². The minimum absolute atomic E-state index is 0.114. The molecule has 1 aliphatic heterocycles. The van der Waals surface area contributed by atoms with Crippen molar-refractivity contribution in [3.05, 3.63) is 126 Å². The van der Waals surface area contributed by atoms with E-state index in [1.807, 2.05) is 30.3 Å². The summed E-state index contributed by atoms with van der Waals surface area (Å²) >= 11 is 6.77. The molecule has 0 bridgehead atoms. The molecule has 0 radical (unpaired) electrons. The van der Waals surface area contributed by atoms with E-state index in [0.717, 1.165) is 24.9 Å². The number of esters is 1. The molecular weight excluding hydrogens is 777 g/mol. The number of halogens is 2. The van der Waals surface area contributed by atoms with Crippen LogP contribution in [-0.4, -0.2) is 29.2 Å². The van der Waals surface area contributed by atoms with Gasteiger partial charge in [0.1, 0.15) is 6.61 Å². The van der Waals surface area contributed by atoms with Gasteiger partial charge in [-0.1, -0.05) is 51.5 Å². The quantitative estimate of drug-likeness (QED) is 0.0885. The number of carbonyl (C=O) groups is 1. The van der Waals surface area contributed by atoms with Crippen molar-refractivity contribution >= 4 is 67.6 Å². The van der Waals surface area contributed by atoms with Crippen molar-refractivity contribution in [1.29, 1.82) is 0 Å². The molecule has 0 saturated heterocycles. The van der Waals surface area contributed by atoms with E-state index in [-0.39, 0.29) is 17.9 Å². The average Bonchev–Trinajstić information content (AvgIpc) is 3.30. The number of aryl methyl sites for hydroxylation is 1. The number of hydrogen-bond acceptors (Lipinski definition) is 9. The van der Waals surface area contributed by atoms with Gasteiger partial charge in [-0.3, -0.25) is 19.5 Å². The lowest BCUT2D eigenvalue weighted by Crippen LogP contribution is -2.40. The predicted molar refractivity (Wildman–Crippen MR) is 182 cm³/mol. The van der Waals surface area contributed by atoms with Crippen molar-refractivity contribution in [3.8, 4) is 11.5 Å². The molecule has 0 saturated carbocycles. The molecule has 13 heteroatoms. The van der Waals surface area contributed by atoms with E-state index in [2.05, 4.69) is 43.5 Å². The Morgan fingerprint density at radius 3 is 2.58 bits per heavy atom. The molecule has 0 aliphatic carbocycles. The van der Waals surface area contributed by atoms with Crippen molar-refractivity contribution in [3.63, 3.8) is 0 Å². The number of carbonyl (C=O) groups excluding carboxylic acids is 1. The monoisotopic (exact) mass is 803 g/mol. The molecule has 1 atom stereocenters. The molecule has 1 aliphatic rings. The molecule has 10 nitrogen and oxygen atoms in total. The van der Waals surface area contributed by atoms with Crippen LogP contribution in [0.4, 0.5) is 5.69 Å². The first-order chi connectivity index (χ1) is 21.5. The Morgan fingerprint density at radius 2 is 1.91 bits per heavy atom. The highest BCUT2D eigenvalue weighted by Gasteiger charge is 2.34. The van der Waals surface area contributed by atoms with Crippen LogP contribution in [0, 0.1) is 20.6 Å². The van der Waals surface area contributed by atoms with E-state index in [9.17, 15) is 19.7 Å². The van der Waals surface area contributed by atoms with Gasteiger partial charge in [-0.25, -0.2) is 9.79 Å². The van der Waals surface area contributed by atoms with Gasteiger partial charge in [0, 0.05) is 16.1 Å². The Bertz CT molecular complexity index is 2040. The summed E-state index contributed by atoms with van der Waals surface area (Å²) in [7, 11) is 1.55. The topological polar surface area (TPSA) is 122 Å². The lowest BCUT2D eigenvalue weighted by Gasteiger charge is -2.24. The molecule has 45 heavy (non-hydrogen) atoms. The zero-order valence-electron chi connectivity index (χ0n) is 24.6. The minimum Gasteiger partial charge on any atom is -0.493 e. The number of fused-ring (bicyclic) bond motifs is 1. The normalized spacial score (nSPS) is 14.5. The third-order valence-corrected chi connectivity index (χ3v) is 9.42. The molecule has 0 fully saturated rings. The average molecular weight is 804 g/mol. The zero-order chi connectivity index (χ0) is 32.4. The third kappa shape index (κ3) is 6.75. The van der Waals surface area contributed by atoms with Gasteiger partial charge in [0.15, 0.2) is 16.3 Å². The summed E-state index contributed by atoms with van der Waals surface area (Å²) in [6, 6.07) is 15.2. The van der Waals surface area contributed by atoms with Gasteiger partial charge in [-0.15, -0.1) is 0 Å². The van der Waals surface area contributed by atoms with Gasteiger partial charge < -0.3 is 14.2 Å². The molecule has 3 aromatic carbocycles. The van der Waals surface area contributed by atoms with Crippen LogP contribution in [0.15, 0.2) is 80.1 Å². The highest BCUT2D eigenvalue weighted by Crippen LogP contribution is 2.36. The number of rotatable bonds is 9. The largest absolute Gasteiger partial charge is 0.493 e. The summed E-state index contributed by atoms with van der Waals surface area (Å²) in [5, 5.41) is 11.8. The lowest BCUT2D eigenvalue weighted by molar-refractivity contribution is -0.385. The lowest BCUT2D eigenvalue weighted by atomic mass is 9.94. The van der Waals surface area contributed by atoms with Crippen molar-refractivity contribution in [2.24, 2.45) is 4.99 Å². The first kappa shape index (κ1) is 32.6. The number of ether oxygens (including phenoxy) is 3. The van der Waals surface area contributed by atoms with Crippen LogP contribution in [0.3, 0.4) is 0 Å². The number of hydrogen-bond donors (Lipinski definition) is 0. The number of methoxy groups -OCH3 is 1. The van der Waals surface area contributed by atoms with Crippen molar-refractivity contribution in [2.75, 3.05) is 13.7 Å². The van der Waals surface area contributed by atoms with Crippen molar-refractivity contribution in [1.82, 2.24) is 4.57 Å². The molecule has 0 unspecified atom stereocenters. The Labute approximate surface area is 284 Å². The summed E-state index contributed by atoms with van der Waals surface area (Å²) in [6.07, 6.45) is 1.73. The summed E-state index contributed by atoms with van der Waals surface area (Å²) in [6.45, 7) is 5.44. The number of benzene rings is 3. The van der Waals surface area contributed by atoms with Gasteiger partial charge in [-0.2, -0.15) is 0 Å². The fourth-order valence-electron chi connectivity index (χ4n) is 4.95. The smallest absolute Gasteiger partial charge is 0.338 e. The van der Waals surface area contributed by atoms with E-state index < -0.39 is 22.5 Å². The number of allylic oxidation sites excluding steroid dienone is 1. The van der Waals surface area contributed by atoms with Crippen LogP contribution in [0.5, 0.6) is 11.5 Å². The number of nitrogens with zero attached hydrogens (tertiary/aromatic N) is 3. The molecule has 1 aromatic heterocycles. The summed E-state index contributed by atoms with van der Waals surface area (Å²) in [5.74, 6) is 0.442. The molecule has 5 rings (SSSR count). The second-order valence-electron chi connectivity index (χ2n) is 10.1. The zero-order valence-corrected chi connectivity index (χ0v) is 29.2. The first-order valence-corrected chi connectivity index (χ1v) is 16.4. The molecular formula is C32H27BrIN3O7S. The molecule has 0 spiro atoms. The Hall–Kier alpha value is -3.82. The van der Waals surface area contributed by atoms with Gasteiger partial charge >= 0.3 is 5.97 Å². The van der Waals surface area contributed by atoms with Crippen molar-refractivity contribution in [2.45, 2.75) is 33.4 Å². The fraction of sp³-hybridized carbons (Fsp3) is 0.219. The minimum atomic E-state index is -0.967. The number of nitro benzene ring substituents is 1.